The Morgan fingerprint density at radius 1 is 1.06 bits per heavy atom. The Kier molecular flexibility index (Phi) is 1.21. The van der Waals surface area contributed by atoms with E-state index in [0.29, 0.717) is 0 Å². The maximum atomic E-state index is 2.58. The van der Waals surface area contributed by atoms with Crippen LogP contribution in [-0.4, -0.2) is 0 Å². The van der Waals surface area contributed by atoms with Crippen molar-refractivity contribution in [1.29, 1.82) is 0 Å². The number of fused-ring (bicyclic) bond motifs is 3. The zero-order chi connectivity index (χ0) is 10.9. The van der Waals surface area contributed by atoms with E-state index in [0.717, 1.165) is 22.7 Å². The van der Waals surface area contributed by atoms with E-state index in [-0.39, 0.29) is 0 Å². The van der Waals surface area contributed by atoms with Crippen LogP contribution in [0, 0.1) is 52.3 Å². The summed E-state index contributed by atoms with van der Waals surface area (Å²) in [7, 11) is 0. The molecular weight excluding hydrogens is 192 g/mol. The number of rotatable bonds is 2. The molecular formula is C16H24. The van der Waals surface area contributed by atoms with E-state index in [1.165, 1.54) is 36.0 Å². The second-order valence-corrected chi connectivity index (χ2v) is 8.30. The van der Waals surface area contributed by atoms with Gasteiger partial charge in [0.1, 0.15) is 0 Å². The maximum absolute atomic E-state index is 2.58. The Labute approximate surface area is 99.2 Å². The first-order valence-electron chi connectivity index (χ1n) is 7.64. The first-order chi connectivity index (χ1) is 7.64. The molecule has 0 aromatic carbocycles. The average molecular weight is 216 g/mol. The molecule has 0 heteroatoms. The van der Waals surface area contributed by atoms with Crippen LogP contribution in [0.15, 0.2) is 0 Å². The van der Waals surface area contributed by atoms with Crippen molar-refractivity contribution in [2.45, 2.75) is 46.5 Å². The van der Waals surface area contributed by atoms with Gasteiger partial charge >= 0.3 is 0 Å². The Balaban J connectivity index is 1.57. The summed E-state index contributed by atoms with van der Waals surface area (Å²) in [5.74, 6) is 8.29. The van der Waals surface area contributed by atoms with Gasteiger partial charge in [0.2, 0.25) is 0 Å². The fourth-order valence-corrected chi connectivity index (χ4v) is 7.86. The van der Waals surface area contributed by atoms with Crippen molar-refractivity contribution < 1.29 is 0 Å². The molecule has 0 radical (unpaired) electrons. The Morgan fingerprint density at radius 2 is 1.88 bits per heavy atom. The first kappa shape index (κ1) is 9.00. The zero-order valence-corrected chi connectivity index (χ0v) is 10.9. The average Bonchev–Trinajstić information content (AvgIpc) is 2.59. The van der Waals surface area contributed by atoms with Crippen LogP contribution in [-0.2, 0) is 0 Å². The molecule has 8 unspecified atom stereocenters. The van der Waals surface area contributed by atoms with Crippen molar-refractivity contribution >= 4 is 0 Å². The molecule has 5 aliphatic rings. The van der Waals surface area contributed by atoms with Gasteiger partial charge in [-0.15, -0.1) is 0 Å². The molecule has 0 aromatic rings. The smallest absolute Gasteiger partial charge is 0.0192 e. The minimum absolute atomic E-state index is 0.740. The van der Waals surface area contributed by atoms with Crippen molar-refractivity contribution in [3.8, 4) is 0 Å². The SMILES string of the molecule is CCCC1C2CC3C4C(C5C1C45C2)C3(C)C. The van der Waals surface area contributed by atoms with Crippen molar-refractivity contribution in [2.75, 3.05) is 0 Å². The summed E-state index contributed by atoms with van der Waals surface area (Å²) in [6, 6.07) is 0. The summed E-state index contributed by atoms with van der Waals surface area (Å²) in [6.07, 6.45) is 6.27. The largest absolute Gasteiger partial charge is 0.0654 e. The standard InChI is InChI=1S/C16H24/c1-4-5-9-8-6-10-12-13(15(10,2)3)14-11(9)16(12,14)7-8/h8-14H,4-7H2,1-3H3. The topological polar surface area (TPSA) is 0 Å². The second-order valence-electron chi connectivity index (χ2n) is 8.30. The summed E-state index contributed by atoms with van der Waals surface area (Å²) in [5, 5.41) is 0. The molecule has 5 fully saturated rings. The second kappa shape index (κ2) is 2.15. The third-order valence-corrected chi connectivity index (χ3v) is 8.02. The first-order valence-corrected chi connectivity index (χ1v) is 7.64. The van der Waals surface area contributed by atoms with Crippen molar-refractivity contribution in [3.05, 3.63) is 0 Å². The van der Waals surface area contributed by atoms with E-state index in [2.05, 4.69) is 20.8 Å². The predicted molar refractivity (Wildman–Crippen MR) is 64.8 cm³/mol. The number of hydrogen-bond acceptors (Lipinski definition) is 0. The van der Waals surface area contributed by atoms with Gasteiger partial charge in [-0.05, 0) is 65.1 Å². The minimum Gasteiger partial charge on any atom is -0.0654 e. The lowest BCUT2D eigenvalue weighted by Crippen LogP contribution is -2.67. The number of hydrogen-bond donors (Lipinski definition) is 0. The van der Waals surface area contributed by atoms with Crippen LogP contribution in [0.25, 0.3) is 0 Å². The van der Waals surface area contributed by atoms with Crippen LogP contribution < -0.4 is 0 Å². The molecule has 0 saturated heterocycles. The molecule has 8 atom stereocenters. The van der Waals surface area contributed by atoms with Gasteiger partial charge in [-0.25, -0.2) is 0 Å². The van der Waals surface area contributed by atoms with Gasteiger partial charge in [-0.1, -0.05) is 33.6 Å². The normalized spacial score (nSPS) is 70.3. The molecule has 2 bridgehead atoms. The van der Waals surface area contributed by atoms with Crippen LogP contribution in [0.1, 0.15) is 46.5 Å². The van der Waals surface area contributed by atoms with Crippen molar-refractivity contribution in [1.82, 2.24) is 0 Å². The molecule has 0 amide bonds. The molecule has 0 heterocycles. The highest BCUT2D eigenvalue weighted by Crippen LogP contribution is 2.98. The lowest BCUT2D eigenvalue weighted by Gasteiger charge is -2.72. The summed E-state index contributed by atoms with van der Waals surface area (Å²) in [4.78, 5) is 0. The lowest BCUT2D eigenvalue weighted by atomic mass is 9.32. The van der Waals surface area contributed by atoms with Gasteiger partial charge in [0.15, 0.2) is 0 Å². The monoisotopic (exact) mass is 216 g/mol. The summed E-state index contributed by atoms with van der Waals surface area (Å²) in [5.41, 5.74) is 1.71. The molecule has 16 heavy (non-hydrogen) atoms. The zero-order valence-electron chi connectivity index (χ0n) is 10.9. The van der Waals surface area contributed by atoms with Gasteiger partial charge in [-0.3, -0.25) is 0 Å². The van der Waals surface area contributed by atoms with Crippen LogP contribution in [0.4, 0.5) is 0 Å². The highest BCUT2D eigenvalue weighted by molar-refractivity contribution is 5.40. The molecule has 5 rings (SSSR count). The van der Waals surface area contributed by atoms with Crippen LogP contribution in [0.5, 0.6) is 0 Å². The lowest BCUT2D eigenvalue weighted by molar-refractivity contribution is -0.245. The predicted octanol–water partition coefficient (Wildman–Crippen LogP) is 3.96. The molecule has 0 nitrogen and oxygen atoms in total. The van der Waals surface area contributed by atoms with Gasteiger partial charge in [0.05, 0.1) is 0 Å². The Bertz CT molecular complexity index is 381. The van der Waals surface area contributed by atoms with Gasteiger partial charge in [0, 0.05) is 0 Å². The third kappa shape index (κ3) is 0.578. The molecule has 0 aromatic heterocycles. The van der Waals surface area contributed by atoms with E-state index in [9.17, 15) is 0 Å². The molecule has 5 saturated carbocycles. The Hall–Kier alpha value is 0. The minimum atomic E-state index is 0.740. The van der Waals surface area contributed by atoms with Crippen LogP contribution in [0.2, 0.25) is 0 Å². The van der Waals surface area contributed by atoms with Gasteiger partial charge in [0.25, 0.3) is 0 Å². The van der Waals surface area contributed by atoms with E-state index in [1.54, 1.807) is 19.3 Å². The third-order valence-electron chi connectivity index (χ3n) is 8.02. The molecule has 88 valence electrons. The maximum Gasteiger partial charge on any atom is -0.0192 e. The molecule has 0 aliphatic heterocycles. The quantitative estimate of drug-likeness (QED) is 0.655. The van der Waals surface area contributed by atoms with Crippen LogP contribution >= 0.6 is 0 Å². The molecule has 5 aliphatic carbocycles. The fraction of sp³-hybridized carbons (Fsp3) is 1.00. The van der Waals surface area contributed by atoms with E-state index in [4.69, 9.17) is 0 Å². The summed E-state index contributed by atoms with van der Waals surface area (Å²) >= 11 is 0. The highest BCUT2D eigenvalue weighted by Gasteiger charge is 2.93. The molecule has 1 spiro atoms. The van der Waals surface area contributed by atoms with Crippen LogP contribution in [0.3, 0.4) is 0 Å². The van der Waals surface area contributed by atoms with Crippen molar-refractivity contribution in [2.24, 2.45) is 52.3 Å². The molecule has 0 N–H and O–H groups in total. The van der Waals surface area contributed by atoms with E-state index < -0.39 is 0 Å². The van der Waals surface area contributed by atoms with E-state index >= 15 is 0 Å². The van der Waals surface area contributed by atoms with Gasteiger partial charge < -0.3 is 0 Å². The Morgan fingerprint density at radius 3 is 2.62 bits per heavy atom. The van der Waals surface area contributed by atoms with Gasteiger partial charge in [-0.2, -0.15) is 0 Å². The van der Waals surface area contributed by atoms with Crippen molar-refractivity contribution in [3.63, 3.8) is 0 Å². The summed E-state index contributed by atoms with van der Waals surface area (Å²) in [6.45, 7) is 7.56. The fourth-order valence-electron chi connectivity index (χ4n) is 7.86. The summed E-state index contributed by atoms with van der Waals surface area (Å²) < 4.78 is 0. The van der Waals surface area contributed by atoms with E-state index in [1.807, 2.05) is 0 Å². The highest BCUT2D eigenvalue weighted by atomic mass is 15.0.